The maximum absolute atomic E-state index is 11.7. The fourth-order valence-corrected chi connectivity index (χ4v) is 3.05. The Labute approximate surface area is 156 Å². The summed E-state index contributed by atoms with van der Waals surface area (Å²) in [7, 11) is 4.11. The second kappa shape index (κ2) is 10.0. The maximum Gasteiger partial charge on any atom is 0.409 e. The molecule has 1 aromatic rings. The highest BCUT2D eigenvalue weighted by atomic mass is 16.6. The summed E-state index contributed by atoms with van der Waals surface area (Å²) in [4.78, 5) is 20.1. The van der Waals surface area contributed by atoms with Gasteiger partial charge >= 0.3 is 6.09 Å². The molecule has 3 N–H and O–H groups in total. The van der Waals surface area contributed by atoms with Gasteiger partial charge in [-0.25, -0.2) is 9.79 Å². The molecule has 1 aliphatic heterocycles. The Morgan fingerprint density at radius 2 is 1.96 bits per heavy atom. The molecule has 0 spiro atoms. The molecule has 1 aliphatic rings. The number of carbonyl (C=O) groups excluding carboxylic acids is 1. The zero-order valence-electron chi connectivity index (χ0n) is 16.1. The minimum absolute atomic E-state index is 0.231. The first-order chi connectivity index (χ1) is 12.5. The van der Waals surface area contributed by atoms with E-state index in [-0.39, 0.29) is 12.1 Å². The van der Waals surface area contributed by atoms with Gasteiger partial charge in [-0.2, -0.15) is 0 Å². The second-order valence-electron chi connectivity index (χ2n) is 6.81. The van der Waals surface area contributed by atoms with Crippen LogP contribution >= 0.6 is 0 Å². The number of ether oxygens (including phenoxy) is 1. The van der Waals surface area contributed by atoms with Gasteiger partial charge < -0.3 is 25.6 Å². The van der Waals surface area contributed by atoms with Gasteiger partial charge in [0.1, 0.15) is 0 Å². The molecule has 1 heterocycles. The Morgan fingerprint density at radius 3 is 2.58 bits per heavy atom. The minimum atomic E-state index is -0.231. The first-order valence-electron chi connectivity index (χ1n) is 9.19. The fourth-order valence-electron chi connectivity index (χ4n) is 3.05. The van der Waals surface area contributed by atoms with Crippen molar-refractivity contribution in [3.8, 4) is 0 Å². The molecular weight excluding hydrogens is 330 g/mol. The zero-order chi connectivity index (χ0) is 18.9. The molecule has 1 saturated heterocycles. The molecule has 1 amide bonds. The van der Waals surface area contributed by atoms with Crippen LogP contribution in [0, 0.1) is 0 Å². The van der Waals surface area contributed by atoms with Crippen LogP contribution in [-0.4, -0.2) is 61.7 Å². The third-order valence-corrected chi connectivity index (χ3v) is 4.40. The highest BCUT2D eigenvalue weighted by Gasteiger charge is 2.23. The first-order valence-corrected chi connectivity index (χ1v) is 9.19. The average molecular weight is 361 g/mol. The van der Waals surface area contributed by atoms with E-state index in [1.54, 1.807) is 4.90 Å². The number of rotatable bonds is 6. The van der Waals surface area contributed by atoms with E-state index in [0.717, 1.165) is 19.4 Å². The Hall–Kier alpha value is -2.28. The van der Waals surface area contributed by atoms with Crippen molar-refractivity contribution in [2.75, 3.05) is 33.8 Å². The zero-order valence-corrected chi connectivity index (χ0v) is 16.1. The largest absolute Gasteiger partial charge is 0.450 e. The highest BCUT2D eigenvalue weighted by Crippen LogP contribution is 2.13. The van der Waals surface area contributed by atoms with Gasteiger partial charge in [-0.15, -0.1) is 0 Å². The van der Waals surface area contributed by atoms with Gasteiger partial charge in [0.05, 0.1) is 13.2 Å². The third-order valence-electron chi connectivity index (χ3n) is 4.40. The summed E-state index contributed by atoms with van der Waals surface area (Å²) in [6.07, 6.45) is 1.45. The number of carbonyl (C=O) groups is 1. The fraction of sp³-hybridized carbons (Fsp3) is 0.579. The Morgan fingerprint density at radius 1 is 1.31 bits per heavy atom. The predicted molar refractivity (Wildman–Crippen MR) is 104 cm³/mol. The average Bonchev–Trinajstić information content (AvgIpc) is 2.61. The van der Waals surface area contributed by atoms with Crippen LogP contribution in [0.2, 0.25) is 0 Å². The molecule has 0 aromatic heterocycles. The lowest BCUT2D eigenvalue weighted by atomic mass is 10.1. The molecular formula is C19H31N5O2. The van der Waals surface area contributed by atoms with E-state index in [1.807, 2.05) is 19.1 Å². The SMILES string of the molecule is CCOC(=O)N1CCC(NC(N)=NCc2ccccc2CN(C)C)CC1. The van der Waals surface area contributed by atoms with Crippen molar-refractivity contribution in [1.29, 1.82) is 0 Å². The normalized spacial score (nSPS) is 16.0. The number of nitrogens with two attached hydrogens (primary N) is 1. The van der Waals surface area contributed by atoms with Crippen LogP contribution in [0.25, 0.3) is 0 Å². The van der Waals surface area contributed by atoms with E-state index in [4.69, 9.17) is 10.5 Å². The monoisotopic (exact) mass is 361 g/mol. The van der Waals surface area contributed by atoms with E-state index >= 15 is 0 Å². The Kier molecular flexibility index (Phi) is 7.72. The number of guanidine groups is 1. The van der Waals surface area contributed by atoms with Crippen molar-refractivity contribution in [2.45, 2.75) is 38.9 Å². The molecule has 0 bridgehead atoms. The summed E-state index contributed by atoms with van der Waals surface area (Å²) in [5.41, 5.74) is 8.51. The van der Waals surface area contributed by atoms with Crippen molar-refractivity contribution in [1.82, 2.24) is 15.1 Å². The van der Waals surface area contributed by atoms with Gasteiger partial charge in [0.2, 0.25) is 0 Å². The van der Waals surface area contributed by atoms with Crippen molar-refractivity contribution in [3.63, 3.8) is 0 Å². The summed E-state index contributed by atoms with van der Waals surface area (Å²) in [6.45, 7) is 5.02. The van der Waals surface area contributed by atoms with Crippen LogP contribution in [0.1, 0.15) is 30.9 Å². The van der Waals surface area contributed by atoms with Gasteiger partial charge in [-0.1, -0.05) is 24.3 Å². The molecule has 26 heavy (non-hydrogen) atoms. The van der Waals surface area contributed by atoms with Crippen molar-refractivity contribution in [3.05, 3.63) is 35.4 Å². The van der Waals surface area contributed by atoms with E-state index in [0.29, 0.717) is 32.2 Å². The van der Waals surface area contributed by atoms with Crippen LogP contribution < -0.4 is 11.1 Å². The Bertz CT molecular complexity index is 610. The molecule has 0 aliphatic carbocycles. The Balaban J connectivity index is 1.83. The van der Waals surface area contributed by atoms with Gasteiger partial charge in [0.15, 0.2) is 5.96 Å². The van der Waals surface area contributed by atoms with Gasteiger partial charge in [-0.3, -0.25) is 0 Å². The lowest BCUT2D eigenvalue weighted by molar-refractivity contribution is 0.0963. The van der Waals surface area contributed by atoms with Crippen LogP contribution in [0.4, 0.5) is 4.79 Å². The molecule has 0 unspecified atom stereocenters. The number of nitrogens with one attached hydrogen (secondary N) is 1. The quantitative estimate of drug-likeness (QED) is 0.596. The lowest BCUT2D eigenvalue weighted by Crippen LogP contribution is -2.48. The number of nitrogens with zero attached hydrogens (tertiary/aromatic N) is 3. The van der Waals surface area contributed by atoms with Crippen molar-refractivity contribution in [2.24, 2.45) is 10.7 Å². The van der Waals surface area contributed by atoms with E-state index in [9.17, 15) is 4.79 Å². The maximum atomic E-state index is 11.7. The van der Waals surface area contributed by atoms with Crippen LogP contribution in [0.15, 0.2) is 29.3 Å². The van der Waals surface area contributed by atoms with Gasteiger partial charge in [0.25, 0.3) is 0 Å². The van der Waals surface area contributed by atoms with Gasteiger partial charge in [0, 0.05) is 25.7 Å². The topological polar surface area (TPSA) is 83.2 Å². The van der Waals surface area contributed by atoms with E-state index < -0.39 is 0 Å². The predicted octanol–water partition coefficient (Wildman–Crippen LogP) is 1.77. The van der Waals surface area contributed by atoms with Gasteiger partial charge in [-0.05, 0) is 45.0 Å². The number of hydrogen-bond acceptors (Lipinski definition) is 4. The molecule has 7 heteroatoms. The number of benzene rings is 1. The third kappa shape index (κ3) is 6.22. The molecule has 2 rings (SSSR count). The highest BCUT2D eigenvalue weighted by molar-refractivity contribution is 5.78. The van der Waals surface area contributed by atoms with Crippen LogP contribution in [0.3, 0.4) is 0 Å². The summed E-state index contributed by atoms with van der Waals surface area (Å²) < 4.78 is 5.04. The standard InChI is InChI=1S/C19H31N5O2/c1-4-26-19(25)24-11-9-17(10-12-24)22-18(20)21-13-15-7-5-6-8-16(15)14-23(2)3/h5-8,17H,4,9-14H2,1-3H3,(H3,20,21,22). The van der Waals surface area contributed by atoms with Crippen molar-refractivity contribution >= 4 is 12.1 Å². The number of aliphatic imine (C=N–C) groups is 1. The number of piperidine rings is 1. The molecule has 0 radical (unpaired) electrons. The smallest absolute Gasteiger partial charge is 0.409 e. The molecule has 1 aromatic carbocycles. The lowest BCUT2D eigenvalue weighted by Gasteiger charge is -2.31. The molecule has 144 valence electrons. The van der Waals surface area contributed by atoms with E-state index in [1.165, 1.54) is 11.1 Å². The molecule has 0 atom stereocenters. The molecule has 0 saturated carbocycles. The van der Waals surface area contributed by atoms with Crippen LogP contribution in [-0.2, 0) is 17.8 Å². The number of amides is 1. The van der Waals surface area contributed by atoms with Crippen LogP contribution in [0.5, 0.6) is 0 Å². The minimum Gasteiger partial charge on any atom is -0.450 e. The number of likely N-dealkylation sites (tertiary alicyclic amines) is 1. The van der Waals surface area contributed by atoms with Crippen molar-refractivity contribution < 1.29 is 9.53 Å². The first kappa shape index (κ1) is 20.0. The number of hydrogen-bond donors (Lipinski definition) is 2. The summed E-state index contributed by atoms with van der Waals surface area (Å²) in [5, 5.41) is 3.28. The summed E-state index contributed by atoms with van der Waals surface area (Å²) >= 11 is 0. The molecule has 7 nitrogen and oxygen atoms in total. The van der Waals surface area contributed by atoms with E-state index in [2.05, 4.69) is 41.4 Å². The summed E-state index contributed by atoms with van der Waals surface area (Å²) in [6, 6.07) is 8.53. The second-order valence-corrected chi connectivity index (χ2v) is 6.81. The summed E-state index contributed by atoms with van der Waals surface area (Å²) in [5.74, 6) is 0.458. The molecule has 1 fully saturated rings.